The van der Waals surface area contributed by atoms with Gasteiger partial charge in [-0.3, -0.25) is 4.79 Å². The summed E-state index contributed by atoms with van der Waals surface area (Å²) in [7, 11) is 0. The maximum absolute atomic E-state index is 11.8. The molecular formula is C15H16BrN3O. The SMILES string of the molecule is Cc1ccc(/C=C/C(=O)NC(C)c2ncc[nH]2)c(Br)c1. The van der Waals surface area contributed by atoms with E-state index in [0.29, 0.717) is 0 Å². The van der Waals surface area contributed by atoms with Crippen molar-refractivity contribution in [2.24, 2.45) is 0 Å². The van der Waals surface area contributed by atoms with E-state index in [9.17, 15) is 4.79 Å². The number of aromatic amines is 1. The number of rotatable bonds is 4. The van der Waals surface area contributed by atoms with E-state index in [1.807, 2.05) is 32.0 Å². The molecule has 0 bridgehead atoms. The zero-order valence-corrected chi connectivity index (χ0v) is 12.9. The van der Waals surface area contributed by atoms with Crippen LogP contribution in [0.3, 0.4) is 0 Å². The Morgan fingerprint density at radius 2 is 2.30 bits per heavy atom. The number of nitrogens with zero attached hydrogens (tertiary/aromatic N) is 1. The molecule has 20 heavy (non-hydrogen) atoms. The number of nitrogens with one attached hydrogen (secondary N) is 2. The average Bonchev–Trinajstić information content (AvgIpc) is 2.91. The molecule has 104 valence electrons. The molecule has 0 saturated heterocycles. The van der Waals surface area contributed by atoms with Gasteiger partial charge in [-0.1, -0.05) is 28.1 Å². The first-order valence-corrected chi connectivity index (χ1v) is 7.09. The second kappa shape index (κ2) is 6.52. The maximum atomic E-state index is 11.8. The van der Waals surface area contributed by atoms with Crippen LogP contribution in [0.5, 0.6) is 0 Å². The normalized spacial score (nSPS) is 12.6. The molecular weight excluding hydrogens is 318 g/mol. The minimum atomic E-state index is -0.152. The van der Waals surface area contributed by atoms with Gasteiger partial charge in [0, 0.05) is 22.9 Å². The highest BCUT2D eigenvalue weighted by Crippen LogP contribution is 2.19. The van der Waals surface area contributed by atoms with Crippen molar-refractivity contribution < 1.29 is 4.79 Å². The number of aromatic nitrogens is 2. The fourth-order valence-corrected chi connectivity index (χ4v) is 2.40. The summed E-state index contributed by atoms with van der Waals surface area (Å²) in [4.78, 5) is 18.9. The summed E-state index contributed by atoms with van der Waals surface area (Å²) in [6.45, 7) is 3.91. The summed E-state index contributed by atoms with van der Waals surface area (Å²) >= 11 is 3.48. The lowest BCUT2D eigenvalue weighted by molar-refractivity contribution is -0.117. The number of aryl methyl sites for hydroxylation is 1. The quantitative estimate of drug-likeness (QED) is 0.843. The highest BCUT2D eigenvalue weighted by molar-refractivity contribution is 9.10. The Kier molecular flexibility index (Phi) is 4.74. The summed E-state index contributed by atoms with van der Waals surface area (Å²) in [5, 5.41) is 2.85. The molecule has 1 atom stereocenters. The van der Waals surface area contributed by atoms with Crippen LogP contribution in [0.1, 0.15) is 29.9 Å². The molecule has 0 spiro atoms. The van der Waals surface area contributed by atoms with Crippen molar-refractivity contribution in [3.63, 3.8) is 0 Å². The topological polar surface area (TPSA) is 57.8 Å². The Morgan fingerprint density at radius 1 is 1.50 bits per heavy atom. The third-order valence-corrected chi connectivity index (χ3v) is 3.55. The van der Waals surface area contributed by atoms with E-state index in [4.69, 9.17) is 0 Å². The number of imidazole rings is 1. The first-order valence-electron chi connectivity index (χ1n) is 6.30. The van der Waals surface area contributed by atoms with E-state index in [-0.39, 0.29) is 11.9 Å². The number of carbonyl (C=O) groups is 1. The van der Waals surface area contributed by atoms with Gasteiger partial charge in [-0.05, 0) is 37.1 Å². The molecule has 1 aromatic heterocycles. The number of halogens is 1. The number of hydrogen-bond donors (Lipinski definition) is 2. The third-order valence-electron chi connectivity index (χ3n) is 2.86. The van der Waals surface area contributed by atoms with Gasteiger partial charge in [0.25, 0.3) is 0 Å². The Labute approximate surface area is 126 Å². The molecule has 0 aliphatic rings. The summed E-state index contributed by atoms with van der Waals surface area (Å²) < 4.78 is 0.973. The van der Waals surface area contributed by atoms with Crippen LogP contribution in [0.2, 0.25) is 0 Å². The summed E-state index contributed by atoms with van der Waals surface area (Å²) in [6, 6.07) is 5.85. The van der Waals surface area contributed by atoms with Crippen LogP contribution in [0.25, 0.3) is 6.08 Å². The van der Waals surface area contributed by atoms with Gasteiger partial charge in [0.05, 0.1) is 6.04 Å². The van der Waals surface area contributed by atoms with Crippen molar-refractivity contribution >= 4 is 27.9 Å². The third kappa shape index (κ3) is 3.81. The lowest BCUT2D eigenvalue weighted by Crippen LogP contribution is -2.25. The maximum Gasteiger partial charge on any atom is 0.244 e. The molecule has 4 nitrogen and oxygen atoms in total. The molecule has 5 heteroatoms. The van der Waals surface area contributed by atoms with E-state index in [1.54, 1.807) is 18.5 Å². The van der Waals surface area contributed by atoms with Crippen molar-refractivity contribution in [2.45, 2.75) is 19.9 Å². The van der Waals surface area contributed by atoms with Gasteiger partial charge < -0.3 is 10.3 Å². The Hall–Kier alpha value is -1.88. The zero-order chi connectivity index (χ0) is 14.5. The van der Waals surface area contributed by atoms with E-state index in [0.717, 1.165) is 15.9 Å². The molecule has 1 amide bonds. The van der Waals surface area contributed by atoms with Crippen LogP contribution in [0, 0.1) is 6.92 Å². The highest BCUT2D eigenvalue weighted by Gasteiger charge is 2.09. The first-order chi connectivity index (χ1) is 9.56. The highest BCUT2D eigenvalue weighted by atomic mass is 79.9. The lowest BCUT2D eigenvalue weighted by Gasteiger charge is -2.09. The monoisotopic (exact) mass is 333 g/mol. The number of carbonyl (C=O) groups excluding carboxylic acids is 1. The van der Waals surface area contributed by atoms with Crippen LogP contribution in [0.4, 0.5) is 0 Å². The average molecular weight is 334 g/mol. The van der Waals surface area contributed by atoms with Gasteiger partial charge in [0.15, 0.2) is 0 Å². The molecule has 2 rings (SSSR count). The Bertz CT molecular complexity index is 620. The van der Waals surface area contributed by atoms with Crippen LogP contribution in [-0.2, 0) is 4.79 Å². The minimum Gasteiger partial charge on any atom is -0.347 e. The van der Waals surface area contributed by atoms with Gasteiger partial charge in [-0.25, -0.2) is 4.98 Å². The van der Waals surface area contributed by atoms with Crippen molar-refractivity contribution in [3.05, 3.63) is 58.1 Å². The van der Waals surface area contributed by atoms with Gasteiger partial charge >= 0.3 is 0 Å². The predicted octanol–water partition coefficient (Wildman–Crippen LogP) is 3.37. The smallest absolute Gasteiger partial charge is 0.244 e. The molecule has 0 radical (unpaired) electrons. The fraction of sp³-hybridized carbons (Fsp3) is 0.200. The molecule has 0 aliphatic carbocycles. The summed E-state index contributed by atoms with van der Waals surface area (Å²) in [6.07, 6.45) is 6.71. The molecule has 0 aliphatic heterocycles. The second-order valence-electron chi connectivity index (χ2n) is 4.56. The molecule has 1 heterocycles. The van der Waals surface area contributed by atoms with Crippen molar-refractivity contribution in [1.82, 2.24) is 15.3 Å². The molecule has 0 fully saturated rings. The molecule has 2 aromatic rings. The van der Waals surface area contributed by atoms with E-state index >= 15 is 0 Å². The van der Waals surface area contributed by atoms with Gasteiger partial charge in [0.1, 0.15) is 5.82 Å². The number of H-pyrrole nitrogens is 1. The van der Waals surface area contributed by atoms with Crippen LogP contribution in [-0.4, -0.2) is 15.9 Å². The van der Waals surface area contributed by atoms with E-state index in [1.165, 1.54) is 11.6 Å². The number of amides is 1. The Balaban J connectivity index is 1.99. The largest absolute Gasteiger partial charge is 0.347 e. The summed E-state index contributed by atoms with van der Waals surface area (Å²) in [5.74, 6) is 0.588. The van der Waals surface area contributed by atoms with Crippen LogP contribution < -0.4 is 5.32 Å². The first kappa shape index (κ1) is 14.5. The van der Waals surface area contributed by atoms with E-state index in [2.05, 4.69) is 31.2 Å². The van der Waals surface area contributed by atoms with Gasteiger partial charge in [-0.2, -0.15) is 0 Å². The molecule has 1 aromatic carbocycles. The van der Waals surface area contributed by atoms with Gasteiger partial charge in [-0.15, -0.1) is 0 Å². The van der Waals surface area contributed by atoms with Crippen molar-refractivity contribution in [1.29, 1.82) is 0 Å². The molecule has 1 unspecified atom stereocenters. The number of benzene rings is 1. The second-order valence-corrected chi connectivity index (χ2v) is 5.42. The van der Waals surface area contributed by atoms with Crippen LogP contribution in [0.15, 0.2) is 41.1 Å². The van der Waals surface area contributed by atoms with Crippen molar-refractivity contribution in [2.75, 3.05) is 0 Å². The fourth-order valence-electron chi connectivity index (χ4n) is 1.78. The zero-order valence-electron chi connectivity index (χ0n) is 11.4. The summed E-state index contributed by atoms with van der Waals surface area (Å²) in [5.41, 5.74) is 2.14. The lowest BCUT2D eigenvalue weighted by atomic mass is 10.1. The van der Waals surface area contributed by atoms with Crippen LogP contribution >= 0.6 is 15.9 Å². The minimum absolute atomic E-state index is 0.149. The van der Waals surface area contributed by atoms with E-state index < -0.39 is 0 Å². The standard InChI is InChI=1S/C15H16BrN3O/c1-10-3-4-12(13(16)9-10)5-6-14(20)19-11(2)15-17-7-8-18-15/h3-9,11H,1-2H3,(H,17,18)(H,19,20)/b6-5+. The Morgan fingerprint density at radius 3 is 2.95 bits per heavy atom. The predicted molar refractivity (Wildman–Crippen MR) is 83.1 cm³/mol. The van der Waals surface area contributed by atoms with Gasteiger partial charge in [0.2, 0.25) is 5.91 Å². The molecule has 0 saturated carbocycles. The van der Waals surface area contributed by atoms with Crippen molar-refractivity contribution in [3.8, 4) is 0 Å². The molecule has 2 N–H and O–H groups in total. The number of hydrogen-bond acceptors (Lipinski definition) is 2.